The molecular weight excluding hydrogens is 789 g/mol. The fraction of sp³-hybridized carbons (Fsp3) is 0. The molecule has 6 heteroatoms. The van der Waals surface area contributed by atoms with Crippen molar-refractivity contribution in [2.45, 2.75) is 0 Å². The summed E-state index contributed by atoms with van der Waals surface area (Å²) in [5, 5.41) is 9.47. The van der Waals surface area contributed by atoms with Crippen molar-refractivity contribution in [1.82, 2.24) is 19.4 Å². The van der Waals surface area contributed by atoms with Crippen LogP contribution < -0.4 is 0 Å². The first-order valence-electron chi connectivity index (χ1n) is 21.2. The second-order valence-electron chi connectivity index (χ2n) is 16.3. The van der Waals surface area contributed by atoms with Crippen LogP contribution in [0.2, 0.25) is 0 Å². The summed E-state index contributed by atoms with van der Waals surface area (Å²) in [5.41, 5.74) is 12.4. The van der Waals surface area contributed by atoms with E-state index < -0.39 is 0 Å². The Morgan fingerprint density at radius 3 is 1.67 bits per heavy atom. The van der Waals surface area contributed by atoms with Crippen molar-refractivity contribution in [2.24, 2.45) is 0 Å². The molecule has 5 aromatic heterocycles. The van der Waals surface area contributed by atoms with Crippen LogP contribution in [0.1, 0.15) is 0 Å². The molecule has 0 fully saturated rings. The third kappa shape index (κ3) is 5.13. The molecule has 0 aliphatic rings. The summed E-state index contributed by atoms with van der Waals surface area (Å²) in [5.74, 6) is 1.81. The number of para-hydroxylation sites is 3. The smallest absolute Gasteiger partial charge is 0.165 e. The van der Waals surface area contributed by atoms with Crippen molar-refractivity contribution >= 4 is 91.5 Å². The van der Waals surface area contributed by atoms with Gasteiger partial charge in [-0.05, 0) is 88.3 Å². The standard InChI is InChI=1S/C57H32N4OS/c1-3-14-33(15-4-1)36-28-37(34-16-5-2-6-17-34)30-38(29-36)56-58-55(35-26-27-42-41-20-9-12-24-48(41)62-49(42)31-35)59-57(60-56)45-32-44-40-19-8-11-23-47(40)61-46-22-10-7-18-39(46)43-21-13-25-50-51(43)52(53(44)61)54(45)63-50/h1-32H. The van der Waals surface area contributed by atoms with Crippen LogP contribution in [0.15, 0.2) is 199 Å². The van der Waals surface area contributed by atoms with Crippen molar-refractivity contribution < 1.29 is 4.42 Å². The van der Waals surface area contributed by atoms with E-state index in [1.165, 1.54) is 53.6 Å². The van der Waals surface area contributed by atoms with E-state index in [1.54, 1.807) is 0 Å². The summed E-state index contributed by atoms with van der Waals surface area (Å²) in [4.78, 5) is 16.3. The minimum Gasteiger partial charge on any atom is -0.456 e. The van der Waals surface area contributed by atoms with Crippen LogP contribution in [0, 0.1) is 0 Å². The van der Waals surface area contributed by atoms with E-state index in [0.29, 0.717) is 17.5 Å². The molecule has 14 aromatic rings. The summed E-state index contributed by atoms with van der Waals surface area (Å²) in [6, 6.07) is 68.9. The summed E-state index contributed by atoms with van der Waals surface area (Å²) in [7, 11) is 0. The number of hydrogen-bond donors (Lipinski definition) is 0. The normalized spacial score (nSPS) is 12.1. The fourth-order valence-electron chi connectivity index (χ4n) is 9.94. The number of nitrogens with zero attached hydrogens (tertiary/aromatic N) is 4. The van der Waals surface area contributed by atoms with Crippen LogP contribution in [0.3, 0.4) is 0 Å². The molecule has 0 unspecified atom stereocenters. The van der Waals surface area contributed by atoms with Crippen molar-refractivity contribution in [2.75, 3.05) is 0 Å². The van der Waals surface area contributed by atoms with E-state index in [-0.39, 0.29) is 0 Å². The molecule has 0 bridgehead atoms. The molecule has 0 spiro atoms. The summed E-state index contributed by atoms with van der Waals surface area (Å²) < 4.78 is 11.3. The molecule has 5 nitrogen and oxygen atoms in total. The molecule has 0 radical (unpaired) electrons. The van der Waals surface area contributed by atoms with Gasteiger partial charge >= 0.3 is 0 Å². The van der Waals surface area contributed by atoms with Crippen LogP contribution in [-0.2, 0) is 0 Å². The minimum atomic E-state index is 0.581. The zero-order valence-electron chi connectivity index (χ0n) is 33.6. The first kappa shape index (κ1) is 34.5. The third-order valence-electron chi connectivity index (χ3n) is 12.8. The van der Waals surface area contributed by atoms with E-state index >= 15 is 0 Å². The molecule has 0 saturated heterocycles. The van der Waals surface area contributed by atoms with E-state index in [4.69, 9.17) is 19.4 Å². The van der Waals surface area contributed by atoms with Crippen molar-refractivity contribution in [3.8, 4) is 56.4 Å². The van der Waals surface area contributed by atoms with Gasteiger partial charge in [-0.15, -0.1) is 11.3 Å². The van der Waals surface area contributed by atoms with Gasteiger partial charge in [0, 0.05) is 63.8 Å². The Balaban J connectivity index is 1.10. The lowest BCUT2D eigenvalue weighted by Crippen LogP contribution is -2.01. The van der Waals surface area contributed by atoms with Crippen LogP contribution in [0.4, 0.5) is 0 Å². The van der Waals surface area contributed by atoms with Crippen LogP contribution in [-0.4, -0.2) is 19.4 Å². The summed E-state index contributed by atoms with van der Waals surface area (Å²) in [6.45, 7) is 0. The highest BCUT2D eigenvalue weighted by Crippen LogP contribution is 2.50. The van der Waals surface area contributed by atoms with Crippen molar-refractivity contribution in [1.29, 1.82) is 0 Å². The first-order valence-corrected chi connectivity index (χ1v) is 22.0. The van der Waals surface area contributed by atoms with E-state index in [1.807, 2.05) is 23.5 Å². The van der Waals surface area contributed by atoms with Gasteiger partial charge in [-0.2, -0.15) is 0 Å². The van der Waals surface area contributed by atoms with Gasteiger partial charge in [0.15, 0.2) is 17.5 Å². The Morgan fingerprint density at radius 1 is 0.365 bits per heavy atom. The first-order chi connectivity index (χ1) is 31.2. The minimum absolute atomic E-state index is 0.581. The van der Waals surface area contributed by atoms with Crippen LogP contribution in [0.25, 0.3) is 137 Å². The zero-order chi connectivity index (χ0) is 41.2. The van der Waals surface area contributed by atoms with E-state index in [0.717, 1.165) is 65.6 Å². The largest absolute Gasteiger partial charge is 0.456 e. The molecule has 0 amide bonds. The third-order valence-corrected chi connectivity index (χ3v) is 13.9. The topological polar surface area (TPSA) is 56.2 Å². The molecule has 292 valence electrons. The molecule has 14 rings (SSSR count). The Hall–Kier alpha value is -8.19. The van der Waals surface area contributed by atoms with Crippen LogP contribution in [0.5, 0.6) is 0 Å². The Labute approximate surface area is 364 Å². The second kappa shape index (κ2) is 13.2. The monoisotopic (exact) mass is 820 g/mol. The van der Waals surface area contributed by atoms with Crippen molar-refractivity contribution in [3.63, 3.8) is 0 Å². The number of aromatic nitrogens is 4. The van der Waals surface area contributed by atoms with Gasteiger partial charge < -0.3 is 8.82 Å². The Kier molecular flexibility index (Phi) is 7.21. The highest BCUT2D eigenvalue weighted by molar-refractivity contribution is 7.26. The van der Waals surface area contributed by atoms with Gasteiger partial charge in [0.1, 0.15) is 11.2 Å². The highest BCUT2D eigenvalue weighted by atomic mass is 32.1. The molecule has 63 heavy (non-hydrogen) atoms. The average Bonchev–Trinajstić information content (AvgIpc) is 4.01. The number of thiophene rings is 1. The summed E-state index contributed by atoms with van der Waals surface area (Å²) in [6.07, 6.45) is 0. The fourth-order valence-corrected chi connectivity index (χ4v) is 11.2. The zero-order valence-corrected chi connectivity index (χ0v) is 34.4. The van der Waals surface area contributed by atoms with Gasteiger partial charge in [-0.1, -0.05) is 133 Å². The SMILES string of the molecule is c1ccc(-c2cc(-c3ccccc3)cc(-c3nc(-c4ccc5c(c4)oc4ccccc45)nc(-c4cc5c6ccccc6n6c7ccccc7c7cccc8sc4c(c87)c56)n3)c2)cc1. The number of fused-ring (bicyclic) bond motifs is 9. The molecular formula is C57H32N4OS. The Morgan fingerprint density at radius 2 is 0.937 bits per heavy atom. The lowest BCUT2D eigenvalue weighted by Gasteiger charge is -2.13. The van der Waals surface area contributed by atoms with Crippen LogP contribution >= 0.6 is 11.3 Å². The molecule has 0 aliphatic heterocycles. The molecule has 0 atom stereocenters. The lowest BCUT2D eigenvalue weighted by molar-refractivity contribution is 0.669. The van der Waals surface area contributed by atoms with Gasteiger partial charge in [0.2, 0.25) is 0 Å². The molecule has 0 N–H and O–H groups in total. The molecule has 9 aromatic carbocycles. The van der Waals surface area contributed by atoms with Gasteiger partial charge in [0.25, 0.3) is 0 Å². The Bertz CT molecular complexity index is 4090. The number of hydrogen-bond acceptors (Lipinski definition) is 5. The number of furan rings is 1. The van der Waals surface area contributed by atoms with Crippen molar-refractivity contribution in [3.05, 3.63) is 194 Å². The quantitative estimate of drug-likeness (QED) is 0.174. The predicted molar refractivity (Wildman–Crippen MR) is 262 cm³/mol. The molecule has 5 heterocycles. The predicted octanol–water partition coefficient (Wildman–Crippen LogP) is 15.6. The summed E-state index contributed by atoms with van der Waals surface area (Å²) >= 11 is 1.82. The lowest BCUT2D eigenvalue weighted by atomic mass is 9.96. The molecule has 0 saturated carbocycles. The molecule has 0 aliphatic carbocycles. The number of benzene rings is 9. The van der Waals surface area contributed by atoms with Gasteiger partial charge in [0.05, 0.1) is 16.6 Å². The maximum absolute atomic E-state index is 6.43. The van der Waals surface area contributed by atoms with E-state index in [9.17, 15) is 0 Å². The van der Waals surface area contributed by atoms with Gasteiger partial charge in [-0.3, -0.25) is 0 Å². The highest BCUT2D eigenvalue weighted by Gasteiger charge is 2.25. The second-order valence-corrected chi connectivity index (χ2v) is 17.4. The van der Waals surface area contributed by atoms with Gasteiger partial charge in [-0.25, -0.2) is 15.0 Å². The maximum atomic E-state index is 6.43. The average molecular weight is 821 g/mol. The maximum Gasteiger partial charge on any atom is 0.165 e. The number of rotatable bonds is 5. The van der Waals surface area contributed by atoms with E-state index in [2.05, 4.69) is 186 Å².